The molecule has 2 unspecified atom stereocenters. The summed E-state index contributed by atoms with van der Waals surface area (Å²) in [6.45, 7) is 4.10. The van der Waals surface area contributed by atoms with E-state index in [0.29, 0.717) is 5.25 Å². The molecule has 1 saturated carbocycles. The van der Waals surface area contributed by atoms with E-state index < -0.39 is 5.54 Å². The number of pyridine rings is 1. The van der Waals surface area contributed by atoms with Gasteiger partial charge >= 0.3 is 0 Å². The molecule has 1 aromatic rings. The maximum Gasteiger partial charge on any atom is 0.237 e. The number of aromatic nitrogens is 1. The van der Waals surface area contributed by atoms with Gasteiger partial charge in [0.25, 0.3) is 0 Å². The van der Waals surface area contributed by atoms with E-state index in [-0.39, 0.29) is 5.91 Å². The van der Waals surface area contributed by atoms with Gasteiger partial charge in [-0.25, -0.2) is 4.98 Å². The molecule has 1 amide bonds. The first-order valence-corrected chi connectivity index (χ1v) is 7.94. The highest BCUT2D eigenvalue weighted by Gasteiger charge is 2.40. The van der Waals surface area contributed by atoms with Gasteiger partial charge in [-0.15, -0.1) is 11.8 Å². The van der Waals surface area contributed by atoms with Gasteiger partial charge in [-0.05, 0) is 64.3 Å². The van der Waals surface area contributed by atoms with Crippen molar-refractivity contribution in [1.82, 2.24) is 10.3 Å². The summed E-state index contributed by atoms with van der Waals surface area (Å²) < 4.78 is 0. The summed E-state index contributed by atoms with van der Waals surface area (Å²) in [7, 11) is 1.83. The fourth-order valence-corrected chi connectivity index (χ4v) is 4.38. The van der Waals surface area contributed by atoms with Gasteiger partial charge < -0.3 is 11.1 Å². The molecule has 1 aliphatic carbocycles. The number of hydrogen-bond donors (Lipinski definition) is 2. The monoisotopic (exact) mass is 293 g/mol. The van der Waals surface area contributed by atoms with Crippen molar-refractivity contribution < 1.29 is 4.79 Å². The summed E-state index contributed by atoms with van der Waals surface area (Å²) >= 11 is 1.77. The Kier molecular flexibility index (Phi) is 4.70. The number of primary amides is 1. The number of aryl methyl sites for hydroxylation is 2. The Morgan fingerprint density at radius 3 is 2.85 bits per heavy atom. The molecule has 1 aromatic heterocycles. The second-order valence-electron chi connectivity index (χ2n) is 5.66. The zero-order valence-electron chi connectivity index (χ0n) is 12.4. The van der Waals surface area contributed by atoms with Crippen LogP contribution in [0.15, 0.2) is 17.2 Å². The van der Waals surface area contributed by atoms with E-state index in [1.54, 1.807) is 11.8 Å². The van der Waals surface area contributed by atoms with Gasteiger partial charge in [0.2, 0.25) is 5.91 Å². The van der Waals surface area contributed by atoms with Crippen LogP contribution in [0.25, 0.3) is 0 Å². The molecule has 0 spiro atoms. The molecule has 0 bridgehead atoms. The molecule has 0 saturated heterocycles. The molecule has 4 nitrogen and oxygen atoms in total. The molecule has 110 valence electrons. The Hall–Kier alpha value is -1.07. The number of amides is 1. The molecular weight excluding hydrogens is 270 g/mol. The predicted octanol–water partition coefficient (Wildman–Crippen LogP) is 2.18. The first-order chi connectivity index (χ1) is 9.45. The van der Waals surface area contributed by atoms with Gasteiger partial charge in [0.05, 0.1) is 10.6 Å². The number of nitrogens with one attached hydrogen (secondary N) is 1. The Morgan fingerprint density at radius 2 is 2.25 bits per heavy atom. The Morgan fingerprint density at radius 1 is 1.50 bits per heavy atom. The number of carbonyl (C=O) groups is 1. The van der Waals surface area contributed by atoms with Crippen molar-refractivity contribution in [3.63, 3.8) is 0 Å². The van der Waals surface area contributed by atoms with Crippen molar-refractivity contribution in [1.29, 1.82) is 0 Å². The maximum atomic E-state index is 11.7. The van der Waals surface area contributed by atoms with Crippen LogP contribution in [0, 0.1) is 13.8 Å². The summed E-state index contributed by atoms with van der Waals surface area (Å²) in [5.74, 6) is -0.237. The largest absolute Gasteiger partial charge is 0.368 e. The normalized spacial score (nSPS) is 26.4. The minimum atomic E-state index is -0.547. The van der Waals surface area contributed by atoms with E-state index in [4.69, 9.17) is 5.73 Å². The number of thioether (sulfide) groups is 1. The fraction of sp³-hybridized carbons (Fsp3) is 0.600. The van der Waals surface area contributed by atoms with Crippen LogP contribution in [-0.2, 0) is 4.79 Å². The molecule has 0 aliphatic heterocycles. The molecule has 1 aliphatic rings. The van der Waals surface area contributed by atoms with Crippen LogP contribution >= 0.6 is 11.8 Å². The summed E-state index contributed by atoms with van der Waals surface area (Å²) in [6.07, 6.45) is 3.73. The van der Waals surface area contributed by atoms with E-state index in [1.165, 1.54) is 5.56 Å². The fourth-order valence-electron chi connectivity index (χ4n) is 2.93. The molecule has 3 N–H and O–H groups in total. The maximum absolute atomic E-state index is 11.7. The number of nitrogens with zero attached hydrogens (tertiary/aromatic N) is 1. The van der Waals surface area contributed by atoms with Gasteiger partial charge in [0.1, 0.15) is 0 Å². The lowest BCUT2D eigenvalue weighted by Crippen LogP contribution is -2.57. The van der Waals surface area contributed by atoms with E-state index in [0.717, 1.165) is 36.4 Å². The number of hydrogen-bond acceptors (Lipinski definition) is 4. The van der Waals surface area contributed by atoms with Crippen LogP contribution in [-0.4, -0.2) is 28.7 Å². The molecule has 1 heterocycles. The third kappa shape index (κ3) is 3.33. The number of likely N-dealkylation sites (N-methyl/N-ethyl adjacent to an activating group) is 1. The molecule has 0 radical (unpaired) electrons. The molecule has 2 rings (SSSR count). The molecule has 20 heavy (non-hydrogen) atoms. The third-order valence-corrected chi connectivity index (χ3v) is 5.20. The number of carbonyl (C=O) groups excluding carboxylic acids is 1. The lowest BCUT2D eigenvalue weighted by atomic mass is 9.81. The summed E-state index contributed by atoms with van der Waals surface area (Å²) in [5, 5.41) is 4.58. The minimum absolute atomic E-state index is 0.237. The molecule has 2 atom stereocenters. The van der Waals surface area contributed by atoms with Crippen LogP contribution in [0.1, 0.15) is 36.9 Å². The van der Waals surface area contributed by atoms with Gasteiger partial charge in [0, 0.05) is 10.9 Å². The molecule has 0 aromatic carbocycles. The summed E-state index contributed by atoms with van der Waals surface area (Å²) in [4.78, 5) is 16.3. The van der Waals surface area contributed by atoms with Crippen molar-refractivity contribution in [2.24, 2.45) is 5.73 Å². The average Bonchev–Trinajstić information content (AvgIpc) is 2.37. The second kappa shape index (κ2) is 6.14. The van der Waals surface area contributed by atoms with Crippen LogP contribution in [0.4, 0.5) is 0 Å². The lowest BCUT2D eigenvalue weighted by Gasteiger charge is -2.38. The van der Waals surface area contributed by atoms with E-state index in [1.807, 2.05) is 14.0 Å². The molecule has 1 fully saturated rings. The van der Waals surface area contributed by atoms with E-state index in [2.05, 4.69) is 29.4 Å². The average molecular weight is 293 g/mol. The predicted molar refractivity (Wildman–Crippen MR) is 82.8 cm³/mol. The zero-order chi connectivity index (χ0) is 14.8. The van der Waals surface area contributed by atoms with Crippen LogP contribution in [0.2, 0.25) is 0 Å². The molecular formula is C15H23N3OS. The Balaban J connectivity index is 2.11. The van der Waals surface area contributed by atoms with Crippen LogP contribution < -0.4 is 11.1 Å². The highest BCUT2D eigenvalue weighted by atomic mass is 32.2. The standard InChI is InChI=1S/C15H23N3OS/c1-10-7-11(2)18-13(8-10)20-12-5-4-6-15(9-12,17-3)14(16)19/h7-8,12,17H,4-6,9H2,1-3H3,(H2,16,19). The van der Waals surface area contributed by atoms with Crippen molar-refractivity contribution >= 4 is 17.7 Å². The number of nitrogens with two attached hydrogens (primary N) is 1. The van der Waals surface area contributed by atoms with Gasteiger partial charge in [0.15, 0.2) is 0 Å². The van der Waals surface area contributed by atoms with Gasteiger partial charge in [-0.1, -0.05) is 0 Å². The van der Waals surface area contributed by atoms with Crippen molar-refractivity contribution in [2.45, 2.75) is 55.3 Å². The Bertz CT molecular complexity index is 486. The first-order valence-electron chi connectivity index (χ1n) is 7.06. The van der Waals surface area contributed by atoms with E-state index in [9.17, 15) is 4.79 Å². The first kappa shape index (κ1) is 15.3. The van der Waals surface area contributed by atoms with Crippen LogP contribution in [0.3, 0.4) is 0 Å². The Labute approximate surface area is 124 Å². The van der Waals surface area contributed by atoms with Crippen molar-refractivity contribution in [3.05, 3.63) is 23.4 Å². The molecule has 5 heteroatoms. The SMILES string of the molecule is CNC1(C(N)=O)CCCC(Sc2cc(C)cc(C)n2)C1. The van der Waals surface area contributed by atoms with Gasteiger partial charge in [-0.3, -0.25) is 4.79 Å². The highest BCUT2D eigenvalue weighted by molar-refractivity contribution is 7.99. The number of rotatable bonds is 4. The second-order valence-corrected chi connectivity index (χ2v) is 6.98. The van der Waals surface area contributed by atoms with E-state index >= 15 is 0 Å². The summed E-state index contributed by atoms with van der Waals surface area (Å²) in [6, 6.07) is 4.18. The lowest BCUT2D eigenvalue weighted by molar-refractivity contribution is -0.125. The quantitative estimate of drug-likeness (QED) is 0.893. The van der Waals surface area contributed by atoms with Crippen LogP contribution in [0.5, 0.6) is 0 Å². The minimum Gasteiger partial charge on any atom is -0.368 e. The smallest absolute Gasteiger partial charge is 0.237 e. The highest BCUT2D eigenvalue weighted by Crippen LogP contribution is 2.37. The topological polar surface area (TPSA) is 68.0 Å². The van der Waals surface area contributed by atoms with Gasteiger partial charge in [-0.2, -0.15) is 0 Å². The zero-order valence-corrected chi connectivity index (χ0v) is 13.2. The summed E-state index contributed by atoms with van der Waals surface area (Å²) in [5.41, 5.74) is 7.31. The third-order valence-electron chi connectivity index (χ3n) is 4.02. The van der Waals surface area contributed by atoms with Crippen molar-refractivity contribution in [2.75, 3.05) is 7.05 Å². The van der Waals surface area contributed by atoms with Crippen molar-refractivity contribution in [3.8, 4) is 0 Å².